The van der Waals surface area contributed by atoms with Gasteiger partial charge in [-0.25, -0.2) is 4.39 Å². The van der Waals surface area contributed by atoms with Crippen LogP contribution in [0.2, 0.25) is 0 Å². The normalized spacial score (nSPS) is 18.1. The van der Waals surface area contributed by atoms with E-state index in [1.807, 2.05) is 19.1 Å². The molecule has 1 fully saturated rings. The van der Waals surface area contributed by atoms with E-state index in [9.17, 15) is 9.18 Å². The number of hydrogen-bond donors (Lipinski definition) is 0. The van der Waals surface area contributed by atoms with Gasteiger partial charge in [0, 0.05) is 36.6 Å². The van der Waals surface area contributed by atoms with Crippen LogP contribution in [0.15, 0.2) is 42.7 Å². The first-order valence-electron chi connectivity index (χ1n) is 8.75. The van der Waals surface area contributed by atoms with Crippen molar-refractivity contribution in [3.8, 4) is 11.1 Å². The zero-order chi connectivity index (χ0) is 17.6. The molecule has 25 heavy (non-hydrogen) atoms. The van der Waals surface area contributed by atoms with E-state index in [4.69, 9.17) is 4.74 Å². The van der Waals surface area contributed by atoms with Gasteiger partial charge in [-0.15, -0.1) is 0 Å². The Labute approximate surface area is 147 Å². The number of aromatic nitrogens is 1. The minimum absolute atomic E-state index is 0.0589. The summed E-state index contributed by atoms with van der Waals surface area (Å²) in [6.07, 6.45) is 5.34. The number of benzene rings is 1. The maximum absolute atomic E-state index is 14.0. The minimum atomic E-state index is -0.248. The molecule has 3 rings (SSSR count). The zero-order valence-electron chi connectivity index (χ0n) is 14.5. The number of esters is 1. The second kappa shape index (κ2) is 8.21. The minimum Gasteiger partial charge on any atom is -0.466 e. The molecule has 0 bridgehead atoms. The molecule has 1 aromatic carbocycles. The number of hydrogen-bond acceptors (Lipinski definition) is 4. The van der Waals surface area contributed by atoms with Crippen LogP contribution in [0.4, 0.5) is 4.39 Å². The number of ether oxygens (including phenoxy) is 1. The number of halogens is 1. The molecule has 0 amide bonds. The summed E-state index contributed by atoms with van der Waals surface area (Å²) >= 11 is 0. The van der Waals surface area contributed by atoms with Crippen molar-refractivity contribution in [3.05, 3.63) is 54.1 Å². The van der Waals surface area contributed by atoms with Gasteiger partial charge in [-0.2, -0.15) is 0 Å². The molecule has 2 heterocycles. The molecule has 0 unspecified atom stereocenters. The second-order valence-corrected chi connectivity index (χ2v) is 6.39. The Bertz CT molecular complexity index is 735. The average Bonchev–Trinajstić information content (AvgIpc) is 2.63. The van der Waals surface area contributed by atoms with Crippen LogP contribution in [-0.4, -0.2) is 35.5 Å². The van der Waals surface area contributed by atoms with E-state index in [1.54, 1.807) is 24.5 Å². The summed E-state index contributed by atoms with van der Waals surface area (Å²) in [4.78, 5) is 18.5. The molecule has 1 aliphatic heterocycles. The number of likely N-dealkylation sites (tertiary alicyclic amines) is 1. The Morgan fingerprint density at radius 2 is 2.20 bits per heavy atom. The van der Waals surface area contributed by atoms with Gasteiger partial charge in [0.25, 0.3) is 0 Å². The summed E-state index contributed by atoms with van der Waals surface area (Å²) in [5, 5.41) is 0. The standard InChI is InChI=1S/C20H23FN2O2/c1-2-25-20(24)16-6-5-9-23(14-16)13-15-10-17(12-22-11-15)18-7-3-4-8-19(18)21/h3-4,7-8,10-12,16H,2,5-6,9,13-14H2,1H3/t16-/m1/s1. The predicted molar refractivity (Wildman–Crippen MR) is 94.3 cm³/mol. The lowest BCUT2D eigenvalue weighted by Crippen LogP contribution is -2.38. The number of piperidine rings is 1. The van der Waals surface area contributed by atoms with E-state index in [0.29, 0.717) is 25.3 Å². The first kappa shape index (κ1) is 17.5. The van der Waals surface area contributed by atoms with Crippen LogP contribution in [0.25, 0.3) is 11.1 Å². The maximum atomic E-state index is 14.0. The average molecular weight is 342 g/mol. The van der Waals surface area contributed by atoms with Gasteiger partial charge >= 0.3 is 5.97 Å². The van der Waals surface area contributed by atoms with E-state index in [2.05, 4.69) is 9.88 Å². The first-order chi connectivity index (χ1) is 12.2. The molecule has 5 heteroatoms. The van der Waals surface area contributed by atoms with Gasteiger partial charge in [-0.3, -0.25) is 14.7 Å². The Hall–Kier alpha value is -2.27. The smallest absolute Gasteiger partial charge is 0.310 e. The number of carbonyl (C=O) groups is 1. The third-order valence-electron chi connectivity index (χ3n) is 4.51. The monoisotopic (exact) mass is 342 g/mol. The SMILES string of the molecule is CCOC(=O)[C@@H]1CCCN(Cc2cncc(-c3ccccc3F)c2)C1. The highest BCUT2D eigenvalue weighted by atomic mass is 19.1. The molecular weight excluding hydrogens is 319 g/mol. The highest BCUT2D eigenvalue weighted by Crippen LogP contribution is 2.24. The van der Waals surface area contributed by atoms with Crippen LogP contribution < -0.4 is 0 Å². The van der Waals surface area contributed by atoms with Crippen molar-refractivity contribution in [2.45, 2.75) is 26.3 Å². The molecule has 0 saturated carbocycles. The number of nitrogens with zero attached hydrogens (tertiary/aromatic N) is 2. The van der Waals surface area contributed by atoms with Gasteiger partial charge in [0.15, 0.2) is 0 Å². The second-order valence-electron chi connectivity index (χ2n) is 6.39. The number of rotatable bonds is 5. The topological polar surface area (TPSA) is 42.4 Å². The molecule has 1 saturated heterocycles. The molecule has 1 atom stereocenters. The van der Waals surface area contributed by atoms with Crippen LogP contribution in [0, 0.1) is 11.7 Å². The highest BCUT2D eigenvalue weighted by Gasteiger charge is 2.26. The van der Waals surface area contributed by atoms with Crippen LogP contribution in [-0.2, 0) is 16.1 Å². The molecule has 0 spiro atoms. The van der Waals surface area contributed by atoms with Crippen molar-refractivity contribution in [2.75, 3.05) is 19.7 Å². The largest absolute Gasteiger partial charge is 0.466 e. The molecule has 1 aromatic heterocycles. The lowest BCUT2D eigenvalue weighted by molar-refractivity contribution is -0.150. The molecule has 0 radical (unpaired) electrons. The lowest BCUT2D eigenvalue weighted by Gasteiger charge is -2.31. The van der Waals surface area contributed by atoms with Crippen molar-refractivity contribution in [1.82, 2.24) is 9.88 Å². The van der Waals surface area contributed by atoms with Gasteiger partial charge in [0.05, 0.1) is 12.5 Å². The lowest BCUT2D eigenvalue weighted by atomic mass is 9.97. The molecule has 1 aliphatic rings. The van der Waals surface area contributed by atoms with Crippen LogP contribution >= 0.6 is 0 Å². The van der Waals surface area contributed by atoms with Gasteiger partial charge in [-0.1, -0.05) is 18.2 Å². The summed E-state index contributed by atoms with van der Waals surface area (Å²) < 4.78 is 19.1. The van der Waals surface area contributed by atoms with Crippen LogP contribution in [0.5, 0.6) is 0 Å². The summed E-state index contributed by atoms with van der Waals surface area (Å²) in [6, 6.07) is 8.68. The Balaban J connectivity index is 1.70. The van der Waals surface area contributed by atoms with Crippen molar-refractivity contribution in [2.24, 2.45) is 5.92 Å². The molecule has 0 aliphatic carbocycles. The van der Waals surface area contributed by atoms with E-state index in [0.717, 1.165) is 30.5 Å². The fourth-order valence-corrected chi connectivity index (χ4v) is 3.33. The van der Waals surface area contributed by atoms with Crippen molar-refractivity contribution < 1.29 is 13.9 Å². The van der Waals surface area contributed by atoms with Crippen LogP contribution in [0.3, 0.4) is 0 Å². The molecule has 4 nitrogen and oxygen atoms in total. The molecule has 0 N–H and O–H groups in total. The van der Waals surface area contributed by atoms with Gasteiger partial charge in [-0.05, 0) is 44.0 Å². The zero-order valence-corrected chi connectivity index (χ0v) is 14.5. The quantitative estimate of drug-likeness (QED) is 0.778. The van der Waals surface area contributed by atoms with Crippen LogP contribution in [0.1, 0.15) is 25.3 Å². The van der Waals surface area contributed by atoms with Crippen molar-refractivity contribution >= 4 is 5.97 Å². The predicted octanol–water partition coefficient (Wildman–Crippen LogP) is 3.66. The fraction of sp³-hybridized carbons (Fsp3) is 0.400. The van der Waals surface area contributed by atoms with Crippen molar-refractivity contribution in [1.29, 1.82) is 0 Å². The van der Waals surface area contributed by atoms with E-state index >= 15 is 0 Å². The number of carbonyl (C=O) groups excluding carboxylic acids is 1. The summed E-state index contributed by atoms with van der Waals surface area (Å²) in [6.45, 7) is 4.59. The Morgan fingerprint density at radius 3 is 3.00 bits per heavy atom. The first-order valence-corrected chi connectivity index (χ1v) is 8.75. The number of pyridine rings is 1. The third kappa shape index (κ3) is 4.42. The Morgan fingerprint density at radius 1 is 1.36 bits per heavy atom. The van der Waals surface area contributed by atoms with E-state index in [-0.39, 0.29) is 17.7 Å². The summed E-state index contributed by atoms with van der Waals surface area (Å²) in [7, 11) is 0. The van der Waals surface area contributed by atoms with Gasteiger partial charge in [0.1, 0.15) is 5.82 Å². The summed E-state index contributed by atoms with van der Waals surface area (Å²) in [5.74, 6) is -0.413. The molecule has 132 valence electrons. The van der Waals surface area contributed by atoms with Gasteiger partial charge in [0.2, 0.25) is 0 Å². The Kier molecular flexibility index (Phi) is 5.76. The van der Waals surface area contributed by atoms with Gasteiger partial charge < -0.3 is 4.74 Å². The highest BCUT2D eigenvalue weighted by molar-refractivity contribution is 5.72. The maximum Gasteiger partial charge on any atom is 0.310 e. The summed E-state index contributed by atoms with van der Waals surface area (Å²) in [5.41, 5.74) is 2.35. The van der Waals surface area contributed by atoms with Crippen molar-refractivity contribution in [3.63, 3.8) is 0 Å². The molecular formula is C20H23FN2O2. The van der Waals surface area contributed by atoms with E-state index in [1.165, 1.54) is 6.07 Å². The fourth-order valence-electron chi connectivity index (χ4n) is 3.33. The molecule has 2 aromatic rings. The third-order valence-corrected chi connectivity index (χ3v) is 4.51. The van der Waals surface area contributed by atoms with E-state index < -0.39 is 0 Å².